The minimum absolute atomic E-state index is 0.0845. The van der Waals surface area contributed by atoms with Gasteiger partial charge in [-0.05, 0) is 37.3 Å². The SMILES string of the molecule is C=C1CCCCC1(NCC)c1cccs1. The molecule has 1 nitrogen and oxygen atoms in total. The Morgan fingerprint density at radius 1 is 1.53 bits per heavy atom. The van der Waals surface area contributed by atoms with Gasteiger partial charge in [-0.1, -0.05) is 31.6 Å². The van der Waals surface area contributed by atoms with Crippen LogP contribution in [0, 0.1) is 0 Å². The molecular weight excluding hydrogens is 202 g/mol. The summed E-state index contributed by atoms with van der Waals surface area (Å²) in [6, 6.07) is 4.38. The predicted octanol–water partition coefficient (Wildman–Crippen LogP) is 3.68. The van der Waals surface area contributed by atoms with Crippen molar-refractivity contribution in [1.29, 1.82) is 0 Å². The van der Waals surface area contributed by atoms with Gasteiger partial charge in [-0.3, -0.25) is 0 Å². The fourth-order valence-electron chi connectivity index (χ4n) is 2.54. The highest BCUT2D eigenvalue weighted by Gasteiger charge is 2.36. The third-order valence-electron chi connectivity index (χ3n) is 3.30. The number of rotatable bonds is 3. The molecule has 1 aromatic rings. The molecule has 0 spiro atoms. The van der Waals surface area contributed by atoms with Crippen LogP contribution in [-0.4, -0.2) is 6.54 Å². The normalized spacial score (nSPS) is 26.9. The maximum Gasteiger partial charge on any atom is 0.0741 e. The molecule has 1 aromatic heterocycles. The van der Waals surface area contributed by atoms with E-state index in [0.717, 1.165) is 6.54 Å². The van der Waals surface area contributed by atoms with Gasteiger partial charge in [0.2, 0.25) is 0 Å². The van der Waals surface area contributed by atoms with Crippen molar-refractivity contribution in [3.8, 4) is 0 Å². The summed E-state index contributed by atoms with van der Waals surface area (Å²) in [6.07, 6.45) is 4.99. The molecule has 1 unspecified atom stereocenters. The summed E-state index contributed by atoms with van der Waals surface area (Å²) in [7, 11) is 0. The van der Waals surface area contributed by atoms with Gasteiger partial charge in [0.05, 0.1) is 5.54 Å². The zero-order valence-corrected chi connectivity index (χ0v) is 10.2. The van der Waals surface area contributed by atoms with Crippen molar-refractivity contribution < 1.29 is 0 Å². The van der Waals surface area contributed by atoms with E-state index in [2.05, 4.69) is 36.3 Å². The van der Waals surface area contributed by atoms with E-state index in [0.29, 0.717) is 0 Å². The summed E-state index contributed by atoms with van der Waals surface area (Å²) in [5.41, 5.74) is 1.46. The first-order chi connectivity index (χ1) is 7.29. The third kappa shape index (κ3) is 1.88. The summed E-state index contributed by atoms with van der Waals surface area (Å²) in [4.78, 5) is 1.44. The molecular formula is C13H19NS. The molecule has 82 valence electrons. The lowest BCUT2D eigenvalue weighted by Gasteiger charge is -2.39. The Hall–Kier alpha value is -0.600. The standard InChI is InChI=1S/C13H19NS/c1-3-14-13(12-8-6-10-15-12)9-5-4-7-11(13)2/h6,8,10,14H,2-5,7,9H2,1H3. The Kier molecular flexibility index (Phi) is 3.27. The molecule has 0 amide bonds. The van der Waals surface area contributed by atoms with Crippen molar-refractivity contribution in [2.75, 3.05) is 6.54 Å². The zero-order valence-electron chi connectivity index (χ0n) is 9.38. The Morgan fingerprint density at radius 2 is 2.40 bits per heavy atom. The average molecular weight is 221 g/mol. The highest BCUT2D eigenvalue weighted by atomic mass is 32.1. The monoisotopic (exact) mass is 221 g/mol. The highest BCUT2D eigenvalue weighted by molar-refractivity contribution is 7.10. The number of nitrogens with one attached hydrogen (secondary N) is 1. The molecule has 1 atom stereocenters. The van der Waals surface area contributed by atoms with Crippen LogP contribution < -0.4 is 5.32 Å². The molecule has 15 heavy (non-hydrogen) atoms. The first kappa shape index (κ1) is 10.9. The van der Waals surface area contributed by atoms with Crippen molar-refractivity contribution in [2.45, 2.75) is 38.1 Å². The minimum Gasteiger partial charge on any atom is -0.304 e. The fourth-order valence-corrected chi connectivity index (χ4v) is 3.52. The summed E-state index contributed by atoms with van der Waals surface area (Å²) >= 11 is 1.85. The highest BCUT2D eigenvalue weighted by Crippen LogP contribution is 2.42. The van der Waals surface area contributed by atoms with Crippen LogP contribution in [0.1, 0.15) is 37.5 Å². The van der Waals surface area contributed by atoms with Gasteiger partial charge in [0.25, 0.3) is 0 Å². The van der Waals surface area contributed by atoms with Gasteiger partial charge in [-0.15, -0.1) is 11.3 Å². The van der Waals surface area contributed by atoms with Crippen molar-refractivity contribution >= 4 is 11.3 Å². The van der Waals surface area contributed by atoms with Gasteiger partial charge in [0, 0.05) is 4.88 Å². The quantitative estimate of drug-likeness (QED) is 0.768. The van der Waals surface area contributed by atoms with Crippen molar-refractivity contribution in [2.24, 2.45) is 0 Å². The maximum atomic E-state index is 4.29. The topological polar surface area (TPSA) is 12.0 Å². The van der Waals surface area contributed by atoms with Crippen LogP contribution in [0.3, 0.4) is 0 Å². The summed E-state index contributed by atoms with van der Waals surface area (Å²) < 4.78 is 0. The van der Waals surface area contributed by atoms with Crippen LogP contribution in [0.15, 0.2) is 29.7 Å². The number of thiophene rings is 1. The lowest BCUT2D eigenvalue weighted by atomic mass is 9.77. The first-order valence-corrected chi connectivity index (χ1v) is 6.65. The second-order valence-corrected chi connectivity index (χ2v) is 5.17. The molecule has 2 heteroatoms. The first-order valence-electron chi connectivity index (χ1n) is 5.77. The van der Waals surface area contributed by atoms with E-state index in [1.807, 2.05) is 11.3 Å². The number of hydrogen-bond donors (Lipinski definition) is 1. The Bertz CT molecular complexity index is 324. The molecule has 0 aliphatic heterocycles. The van der Waals surface area contributed by atoms with Crippen LogP contribution in [0.4, 0.5) is 0 Å². The Morgan fingerprint density at radius 3 is 3.00 bits per heavy atom. The molecule has 0 radical (unpaired) electrons. The van der Waals surface area contributed by atoms with Gasteiger partial charge < -0.3 is 5.32 Å². The molecule has 1 aliphatic rings. The lowest BCUT2D eigenvalue weighted by molar-refractivity contribution is 0.324. The van der Waals surface area contributed by atoms with Crippen molar-refractivity contribution in [3.63, 3.8) is 0 Å². The van der Waals surface area contributed by atoms with E-state index < -0.39 is 0 Å². The molecule has 0 saturated heterocycles. The van der Waals surface area contributed by atoms with Gasteiger partial charge in [-0.2, -0.15) is 0 Å². The second kappa shape index (κ2) is 4.50. The van der Waals surface area contributed by atoms with Crippen molar-refractivity contribution in [3.05, 3.63) is 34.5 Å². The van der Waals surface area contributed by atoms with Gasteiger partial charge in [0.1, 0.15) is 0 Å². The van der Waals surface area contributed by atoms with E-state index in [1.165, 1.54) is 36.1 Å². The van der Waals surface area contributed by atoms with Gasteiger partial charge in [0.15, 0.2) is 0 Å². The largest absolute Gasteiger partial charge is 0.304 e. The van der Waals surface area contributed by atoms with E-state index in [9.17, 15) is 0 Å². The third-order valence-corrected chi connectivity index (χ3v) is 4.34. The van der Waals surface area contributed by atoms with Gasteiger partial charge >= 0.3 is 0 Å². The lowest BCUT2D eigenvalue weighted by Crippen LogP contribution is -2.44. The smallest absolute Gasteiger partial charge is 0.0741 e. The molecule has 1 fully saturated rings. The Balaban J connectivity index is 2.34. The van der Waals surface area contributed by atoms with Crippen LogP contribution >= 0.6 is 11.3 Å². The maximum absolute atomic E-state index is 4.29. The van der Waals surface area contributed by atoms with E-state index in [1.54, 1.807) is 0 Å². The molecule has 2 rings (SSSR count). The molecule has 0 aromatic carbocycles. The minimum atomic E-state index is 0.0845. The van der Waals surface area contributed by atoms with Crippen LogP contribution in [0.25, 0.3) is 0 Å². The summed E-state index contributed by atoms with van der Waals surface area (Å²) in [5, 5.41) is 5.82. The average Bonchev–Trinajstić information content (AvgIpc) is 2.75. The fraction of sp³-hybridized carbons (Fsp3) is 0.538. The van der Waals surface area contributed by atoms with E-state index >= 15 is 0 Å². The second-order valence-electron chi connectivity index (χ2n) is 4.22. The summed E-state index contributed by atoms with van der Waals surface area (Å²) in [5.74, 6) is 0. The summed E-state index contributed by atoms with van der Waals surface area (Å²) in [6.45, 7) is 7.48. The Labute approximate surface area is 96.2 Å². The predicted molar refractivity (Wildman–Crippen MR) is 67.3 cm³/mol. The van der Waals surface area contributed by atoms with Crippen LogP contribution in [-0.2, 0) is 5.54 Å². The van der Waals surface area contributed by atoms with Crippen molar-refractivity contribution in [1.82, 2.24) is 5.32 Å². The molecule has 1 N–H and O–H groups in total. The van der Waals surface area contributed by atoms with E-state index in [-0.39, 0.29) is 5.54 Å². The zero-order chi connectivity index (χ0) is 10.7. The number of hydrogen-bond acceptors (Lipinski definition) is 2. The van der Waals surface area contributed by atoms with Gasteiger partial charge in [-0.25, -0.2) is 0 Å². The molecule has 0 bridgehead atoms. The molecule has 1 aliphatic carbocycles. The molecule has 1 saturated carbocycles. The number of likely N-dealkylation sites (N-methyl/N-ethyl adjacent to an activating group) is 1. The molecule has 1 heterocycles. The van der Waals surface area contributed by atoms with E-state index in [4.69, 9.17) is 0 Å². The van der Waals surface area contributed by atoms with Crippen LogP contribution in [0.2, 0.25) is 0 Å². The van der Waals surface area contributed by atoms with Crippen LogP contribution in [0.5, 0.6) is 0 Å².